The minimum absolute atomic E-state index is 0.751. The van der Waals surface area contributed by atoms with Crippen LogP contribution in [0.3, 0.4) is 0 Å². The molecule has 0 unspecified atom stereocenters. The molecular formula is C17H29BrN2O. The van der Waals surface area contributed by atoms with Crippen molar-refractivity contribution >= 4 is 15.9 Å². The van der Waals surface area contributed by atoms with E-state index >= 15 is 0 Å². The summed E-state index contributed by atoms with van der Waals surface area (Å²) in [6.45, 7) is 14.1. The van der Waals surface area contributed by atoms with Crippen molar-refractivity contribution in [2.24, 2.45) is 0 Å². The maximum atomic E-state index is 5.79. The Labute approximate surface area is 138 Å². The third-order valence-corrected chi connectivity index (χ3v) is 4.31. The van der Waals surface area contributed by atoms with Crippen molar-refractivity contribution in [3.8, 4) is 5.75 Å². The van der Waals surface area contributed by atoms with E-state index in [1.165, 1.54) is 13.0 Å². The van der Waals surface area contributed by atoms with Gasteiger partial charge in [-0.25, -0.2) is 0 Å². The van der Waals surface area contributed by atoms with E-state index in [1.807, 2.05) is 24.3 Å². The van der Waals surface area contributed by atoms with Gasteiger partial charge in [-0.15, -0.1) is 0 Å². The fourth-order valence-corrected chi connectivity index (χ4v) is 2.57. The third kappa shape index (κ3) is 7.84. The van der Waals surface area contributed by atoms with Gasteiger partial charge in [0.15, 0.2) is 0 Å². The van der Waals surface area contributed by atoms with Crippen LogP contribution in [0.2, 0.25) is 0 Å². The van der Waals surface area contributed by atoms with Crippen LogP contribution < -0.4 is 4.74 Å². The first kappa shape index (κ1) is 18.5. The molecule has 0 amide bonds. The number of hydrogen-bond donors (Lipinski definition) is 0. The van der Waals surface area contributed by atoms with Gasteiger partial charge in [-0.05, 0) is 63.4 Å². The van der Waals surface area contributed by atoms with Crippen LogP contribution in [0.15, 0.2) is 28.7 Å². The largest absolute Gasteiger partial charge is 0.492 e. The molecule has 0 aliphatic carbocycles. The number of likely N-dealkylation sites (N-methyl/N-ethyl adjacent to an activating group) is 1. The first-order valence-electron chi connectivity index (χ1n) is 8.02. The van der Waals surface area contributed by atoms with Crippen molar-refractivity contribution in [3.63, 3.8) is 0 Å². The van der Waals surface area contributed by atoms with Crippen molar-refractivity contribution in [1.29, 1.82) is 0 Å². The van der Waals surface area contributed by atoms with Crippen molar-refractivity contribution in [3.05, 3.63) is 28.7 Å². The Morgan fingerprint density at radius 2 is 1.43 bits per heavy atom. The van der Waals surface area contributed by atoms with Crippen LogP contribution in [0.4, 0.5) is 0 Å². The molecule has 0 heterocycles. The standard InChI is InChI=1S/C17H29BrN2O/c1-4-19(5-2)12-7-13-20(6-3)14-15-21-17-10-8-16(18)9-11-17/h8-11H,4-7,12-15H2,1-3H3. The molecule has 21 heavy (non-hydrogen) atoms. The molecule has 0 radical (unpaired) electrons. The van der Waals surface area contributed by atoms with Gasteiger partial charge < -0.3 is 14.5 Å². The Morgan fingerprint density at radius 3 is 2.00 bits per heavy atom. The lowest BCUT2D eigenvalue weighted by Gasteiger charge is -2.23. The summed E-state index contributed by atoms with van der Waals surface area (Å²) in [6, 6.07) is 8.02. The molecule has 1 rings (SSSR count). The Bertz CT molecular complexity index is 366. The average molecular weight is 357 g/mol. The first-order valence-corrected chi connectivity index (χ1v) is 8.81. The summed E-state index contributed by atoms with van der Waals surface area (Å²) in [6.07, 6.45) is 1.23. The second-order valence-electron chi connectivity index (χ2n) is 5.12. The summed E-state index contributed by atoms with van der Waals surface area (Å²) in [5.41, 5.74) is 0. The van der Waals surface area contributed by atoms with Crippen LogP contribution in [-0.2, 0) is 0 Å². The molecule has 120 valence electrons. The van der Waals surface area contributed by atoms with Crippen LogP contribution >= 0.6 is 15.9 Å². The van der Waals surface area contributed by atoms with Gasteiger partial charge in [-0.1, -0.05) is 36.7 Å². The number of rotatable bonds is 11. The van der Waals surface area contributed by atoms with Crippen molar-refractivity contribution in [1.82, 2.24) is 9.80 Å². The lowest BCUT2D eigenvalue weighted by Crippen LogP contribution is -2.32. The number of hydrogen-bond acceptors (Lipinski definition) is 3. The smallest absolute Gasteiger partial charge is 0.119 e. The van der Waals surface area contributed by atoms with Crippen molar-refractivity contribution in [2.75, 3.05) is 45.9 Å². The summed E-state index contributed by atoms with van der Waals surface area (Å²) in [7, 11) is 0. The minimum atomic E-state index is 0.751. The molecule has 0 spiro atoms. The van der Waals surface area contributed by atoms with Gasteiger partial charge in [-0.3, -0.25) is 0 Å². The second kappa shape index (κ2) is 11.0. The van der Waals surface area contributed by atoms with E-state index in [0.717, 1.165) is 49.6 Å². The highest BCUT2D eigenvalue weighted by molar-refractivity contribution is 9.10. The molecule has 0 fully saturated rings. The summed E-state index contributed by atoms with van der Waals surface area (Å²) >= 11 is 3.43. The molecule has 0 saturated heterocycles. The monoisotopic (exact) mass is 356 g/mol. The van der Waals surface area contributed by atoms with Crippen LogP contribution in [0, 0.1) is 0 Å². The van der Waals surface area contributed by atoms with E-state index in [2.05, 4.69) is 46.5 Å². The van der Waals surface area contributed by atoms with Crippen LogP contribution in [0.5, 0.6) is 5.75 Å². The Balaban J connectivity index is 2.20. The maximum Gasteiger partial charge on any atom is 0.119 e. The molecule has 0 atom stereocenters. The zero-order valence-electron chi connectivity index (χ0n) is 13.6. The zero-order valence-corrected chi connectivity index (χ0v) is 15.2. The quantitative estimate of drug-likeness (QED) is 0.598. The molecule has 1 aromatic carbocycles. The van der Waals surface area contributed by atoms with E-state index in [4.69, 9.17) is 4.74 Å². The van der Waals surface area contributed by atoms with Crippen LogP contribution in [0.1, 0.15) is 27.2 Å². The molecule has 1 aromatic rings. The number of nitrogens with zero attached hydrogens (tertiary/aromatic N) is 2. The summed E-state index contributed by atoms with van der Waals surface area (Å²) in [5, 5.41) is 0. The molecule has 0 aliphatic rings. The summed E-state index contributed by atoms with van der Waals surface area (Å²) in [5.74, 6) is 0.942. The SMILES string of the molecule is CCN(CC)CCCN(CC)CCOc1ccc(Br)cc1. The molecule has 0 aliphatic heterocycles. The molecule has 0 N–H and O–H groups in total. The number of halogens is 1. The topological polar surface area (TPSA) is 15.7 Å². The van der Waals surface area contributed by atoms with E-state index in [-0.39, 0.29) is 0 Å². The summed E-state index contributed by atoms with van der Waals surface area (Å²) < 4.78 is 6.87. The van der Waals surface area contributed by atoms with E-state index in [1.54, 1.807) is 0 Å². The maximum absolute atomic E-state index is 5.79. The fourth-order valence-electron chi connectivity index (χ4n) is 2.31. The molecule has 4 heteroatoms. The highest BCUT2D eigenvalue weighted by Gasteiger charge is 2.04. The highest BCUT2D eigenvalue weighted by atomic mass is 79.9. The lowest BCUT2D eigenvalue weighted by atomic mass is 10.3. The molecule has 0 saturated carbocycles. The Hall–Kier alpha value is -0.580. The van der Waals surface area contributed by atoms with Gasteiger partial charge in [0.1, 0.15) is 12.4 Å². The second-order valence-corrected chi connectivity index (χ2v) is 6.03. The third-order valence-electron chi connectivity index (χ3n) is 3.78. The lowest BCUT2D eigenvalue weighted by molar-refractivity contribution is 0.202. The van der Waals surface area contributed by atoms with Crippen LogP contribution in [-0.4, -0.2) is 55.7 Å². The van der Waals surface area contributed by atoms with E-state index < -0.39 is 0 Å². The highest BCUT2D eigenvalue weighted by Crippen LogP contribution is 2.15. The minimum Gasteiger partial charge on any atom is -0.492 e. The van der Waals surface area contributed by atoms with Gasteiger partial charge in [0, 0.05) is 11.0 Å². The van der Waals surface area contributed by atoms with E-state index in [0.29, 0.717) is 0 Å². The average Bonchev–Trinajstić information content (AvgIpc) is 2.51. The van der Waals surface area contributed by atoms with Gasteiger partial charge in [-0.2, -0.15) is 0 Å². The molecule has 0 bridgehead atoms. The predicted octanol–water partition coefficient (Wildman–Crippen LogP) is 3.88. The normalized spacial score (nSPS) is 11.3. The van der Waals surface area contributed by atoms with Gasteiger partial charge >= 0.3 is 0 Å². The van der Waals surface area contributed by atoms with Gasteiger partial charge in [0.25, 0.3) is 0 Å². The fraction of sp³-hybridized carbons (Fsp3) is 0.647. The molecule has 0 aromatic heterocycles. The van der Waals surface area contributed by atoms with E-state index in [9.17, 15) is 0 Å². The van der Waals surface area contributed by atoms with Crippen LogP contribution in [0.25, 0.3) is 0 Å². The number of benzene rings is 1. The molecule has 3 nitrogen and oxygen atoms in total. The Morgan fingerprint density at radius 1 is 0.857 bits per heavy atom. The van der Waals surface area contributed by atoms with Gasteiger partial charge in [0.05, 0.1) is 0 Å². The van der Waals surface area contributed by atoms with Crippen molar-refractivity contribution < 1.29 is 4.74 Å². The Kier molecular flexibility index (Phi) is 9.72. The van der Waals surface area contributed by atoms with Gasteiger partial charge in [0.2, 0.25) is 0 Å². The predicted molar refractivity (Wildman–Crippen MR) is 94.2 cm³/mol. The first-order chi connectivity index (χ1) is 10.2. The summed E-state index contributed by atoms with van der Waals surface area (Å²) in [4.78, 5) is 4.94. The van der Waals surface area contributed by atoms with Crippen molar-refractivity contribution in [2.45, 2.75) is 27.2 Å². The zero-order chi connectivity index (χ0) is 15.5. The number of ether oxygens (including phenoxy) is 1. The molecular weight excluding hydrogens is 328 g/mol.